The number of unbranched alkanes of at least 4 members (excludes halogenated alkanes) is 50. The number of hydrogen-bond donors (Lipinski definition) is 12. The Hall–Kier alpha value is -1.47. The summed E-state index contributed by atoms with van der Waals surface area (Å²) >= 11 is 0. The second-order valence-corrected chi connectivity index (χ2v) is 30.3. The van der Waals surface area contributed by atoms with Crippen LogP contribution in [-0.4, -0.2) is 193 Å². The van der Waals surface area contributed by atoms with Crippen molar-refractivity contribution in [1.29, 1.82) is 0 Å². The van der Waals surface area contributed by atoms with Crippen LogP contribution in [0.15, 0.2) is 12.2 Å². The molecular weight excluding hydrogens is 1270 g/mol. The van der Waals surface area contributed by atoms with Crippen molar-refractivity contribution in [3.05, 3.63) is 12.2 Å². The number of hydrogen-bond acceptors (Lipinski definition) is 18. The molecule has 3 fully saturated rings. The van der Waals surface area contributed by atoms with E-state index < -0.39 is 124 Å². The van der Waals surface area contributed by atoms with Gasteiger partial charge in [0.25, 0.3) is 0 Å². The number of ether oxygens (including phenoxy) is 6. The summed E-state index contributed by atoms with van der Waals surface area (Å²) < 4.78 is 34.6. The quantitative estimate of drug-likeness (QED) is 0.0199. The van der Waals surface area contributed by atoms with Crippen molar-refractivity contribution in [2.75, 3.05) is 26.4 Å². The van der Waals surface area contributed by atoms with E-state index >= 15 is 0 Å². The highest BCUT2D eigenvalue weighted by molar-refractivity contribution is 5.76. The Bertz CT molecular complexity index is 1850. The Morgan fingerprint density at radius 3 is 0.970 bits per heavy atom. The predicted molar refractivity (Wildman–Crippen MR) is 397 cm³/mol. The Kier molecular flexibility index (Phi) is 58.0. The maximum atomic E-state index is 13.5. The molecule has 0 aromatic carbocycles. The van der Waals surface area contributed by atoms with Crippen LogP contribution in [0.25, 0.3) is 0 Å². The molecule has 0 bridgehead atoms. The molecule has 0 aliphatic carbocycles. The van der Waals surface area contributed by atoms with E-state index in [0.29, 0.717) is 12.8 Å². The molecule has 0 spiro atoms. The van der Waals surface area contributed by atoms with Gasteiger partial charge in [-0.3, -0.25) is 4.79 Å². The molecule has 0 aromatic rings. The van der Waals surface area contributed by atoms with Gasteiger partial charge in [0.05, 0.1) is 38.6 Å². The van der Waals surface area contributed by atoms with Crippen LogP contribution in [0.3, 0.4) is 0 Å². The maximum Gasteiger partial charge on any atom is 0.220 e. The molecule has 17 unspecified atom stereocenters. The smallest absolute Gasteiger partial charge is 0.220 e. The van der Waals surface area contributed by atoms with Gasteiger partial charge in [0, 0.05) is 6.42 Å². The standard InChI is InChI=1S/C81H155NO18/c1-3-5-7-9-11-13-15-17-19-21-23-25-27-29-31-32-33-35-37-39-41-43-45-47-49-51-53-55-57-59-69(87)82-64(65(86)58-56-54-52-50-48-46-44-42-40-38-36-34-30-28-26-24-22-20-18-16-14-12-10-8-6-4-2)63-95-79-75(93)72(90)77(67(61-84)97-79)100-81-76(94)73(91)78(68(62-85)98-81)99-80-74(92)71(89)70(88)66(60-83)96-80/h21,23,64-68,70-81,83-86,88-94H,3-20,22,24-63H2,1-2H3,(H,82,87)/b23-21-. The minimum absolute atomic E-state index is 0.234. The van der Waals surface area contributed by atoms with Crippen LogP contribution in [0, 0.1) is 0 Å². The largest absolute Gasteiger partial charge is 0.394 e. The molecule has 19 nitrogen and oxygen atoms in total. The van der Waals surface area contributed by atoms with Gasteiger partial charge in [0.2, 0.25) is 5.91 Å². The van der Waals surface area contributed by atoms with Crippen LogP contribution in [0.1, 0.15) is 367 Å². The van der Waals surface area contributed by atoms with Gasteiger partial charge < -0.3 is 89.9 Å². The van der Waals surface area contributed by atoms with Gasteiger partial charge in [0.1, 0.15) is 73.2 Å². The summed E-state index contributed by atoms with van der Waals surface area (Å²) in [5.74, 6) is -0.234. The van der Waals surface area contributed by atoms with Crippen LogP contribution in [-0.2, 0) is 33.2 Å². The summed E-state index contributed by atoms with van der Waals surface area (Å²) in [6, 6.07) is -0.885. The van der Waals surface area contributed by atoms with Crippen LogP contribution in [0.5, 0.6) is 0 Å². The van der Waals surface area contributed by atoms with E-state index in [1.807, 2.05) is 0 Å². The lowest BCUT2D eigenvalue weighted by Gasteiger charge is -2.48. The lowest BCUT2D eigenvalue weighted by molar-refractivity contribution is -0.379. The molecule has 12 N–H and O–H groups in total. The molecule has 3 rings (SSSR count). The van der Waals surface area contributed by atoms with E-state index in [-0.39, 0.29) is 18.9 Å². The molecule has 0 aromatic heterocycles. The number of allylic oxidation sites excluding steroid dienone is 2. The molecule has 3 aliphatic rings. The predicted octanol–water partition coefficient (Wildman–Crippen LogP) is 14.3. The zero-order chi connectivity index (χ0) is 72.5. The summed E-state index contributed by atoms with van der Waals surface area (Å²) in [5.41, 5.74) is 0. The van der Waals surface area contributed by atoms with E-state index in [9.17, 15) is 61.0 Å². The first-order valence-corrected chi connectivity index (χ1v) is 41.9. The van der Waals surface area contributed by atoms with Crippen LogP contribution >= 0.6 is 0 Å². The Morgan fingerprint density at radius 2 is 0.630 bits per heavy atom. The second-order valence-electron chi connectivity index (χ2n) is 30.3. The lowest BCUT2D eigenvalue weighted by atomic mass is 9.96. The van der Waals surface area contributed by atoms with Crippen LogP contribution in [0.4, 0.5) is 0 Å². The van der Waals surface area contributed by atoms with Crippen molar-refractivity contribution in [2.24, 2.45) is 0 Å². The van der Waals surface area contributed by atoms with Crippen molar-refractivity contribution < 1.29 is 89.4 Å². The molecule has 0 radical (unpaired) electrons. The molecule has 592 valence electrons. The SMILES string of the molecule is CCCCCCCCCC/C=C\CCCCCCCCCCCCCCCCCCCC(=O)NC(COC1OC(CO)C(OC2OC(CO)C(OC3OC(CO)C(O)C(O)C3O)C(O)C2O)C(O)C1O)C(O)CCCCCCCCCCCCCCCCCCCCCCCCCCCC. The van der Waals surface area contributed by atoms with Crippen molar-refractivity contribution in [3.8, 4) is 0 Å². The number of carbonyl (C=O) groups excluding carboxylic acids is 1. The highest BCUT2D eigenvalue weighted by Gasteiger charge is 2.54. The third kappa shape index (κ3) is 42.2. The minimum Gasteiger partial charge on any atom is -0.394 e. The van der Waals surface area contributed by atoms with Crippen molar-refractivity contribution in [3.63, 3.8) is 0 Å². The van der Waals surface area contributed by atoms with E-state index in [2.05, 4.69) is 31.3 Å². The third-order valence-electron chi connectivity index (χ3n) is 21.3. The van der Waals surface area contributed by atoms with E-state index in [0.717, 1.165) is 44.9 Å². The molecule has 19 heteroatoms. The van der Waals surface area contributed by atoms with Crippen molar-refractivity contribution in [2.45, 2.75) is 471 Å². The average Bonchev–Trinajstić information content (AvgIpc) is 0.783. The molecule has 3 heterocycles. The number of aliphatic hydroxyl groups excluding tert-OH is 11. The molecular formula is C81H155NO18. The molecule has 3 aliphatic heterocycles. The van der Waals surface area contributed by atoms with Crippen LogP contribution < -0.4 is 5.32 Å². The normalized spacial score (nSPS) is 26.4. The summed E-state index contributed by atoms with van der Waals surface area (Å²) in [4.78, 5) is 13.5. The fraction of sp³-hybridized carbons (Fsp3) is 0.963. The van der Waals surface area contributed by atoms with Gasteiger partial charge in [-0.25, -0.2) is 0 Å². The zero-order valence-corrected chi connectivity index (χ0v) is 63.5. The number of aliphatic hydroxyl groups is 11. The zero-order valence-electron chi connectivity index (χ0n) is 63.5. The molecule has 17 atom stereocenters. The number of nitrogens with one attached hydrogen (secondary N) is 1. The van der Waals surface area contributed by atoms with E-state index in [1.165, 1.54) is 289 Å². The summed E-state index contributed by atoms with van der Waals surface area (Å²) in [6.07, 6.45) is 47.3. The highest BCUT2D eigenvalue weighted by Crippen LogP contribution is 2.33. The molecule has 1 amide bonds. The lowest BCUT2D eigenvalue weighted by Crippen LogP contribution is -2.66. The van der Waals surface area contributed by atoms with Crippen LogP contribution in [0.2, 0.25) is 0 Å². The van der Waals surface area contributed by atoms with Gasteiger partial charge in [0.15, 0.2) is 18.9 Å². The Balaban J connectivity index is 1.35. The fourth-order valence-corrected chi connectivity index (χ4v) is 14.6. The first-order valence-electron chi connectivity index (χ1n) is 41.9. The fourth-order valence-electron chi connectivity index (χ4n) is 14.6. The number of rotatable bonds is 68. The Labute approximate surface area is 607 Å². The van der Waals surface area contributed by atoms with Gasteiger partial charge >= 0.3 is 0 Å². The van der Waals surface area contributed by atoms with Crippen molar-refractivity contribution >= 4 is 5.91 Å². The first kappa shape index (κ1) is 92.7. The van der Waals surface area contributed by atoms with Gasteiger partial charge in [-0.1, -0.05) is 334 Å². The average molecular weight is 1430 g/mol. The summed E-state index contributed by atoms with van der Waals surface area (Å²) in [7, 11) is 0. The van der Waals surface area contributed by atoms with Gasteiger partial charge in [-0.15, -0.1) is 0 Å². The molecule has 0 saturated carbocycles. The monoisotopic (exact) mass is 1430 g/mol. The highest BCUT2D eigenvalue weighted by atomic mass is 16.8. The summed E-state index contributed by atoms with van der Waals surface area (Å²) in [6.45, 7) is 1.87. The van der Waals surface area contributed by atoms with Gasteiger partial charge in [-0.05, 0) is 38.5 Å². The van der Waals surface area contributed by atoms with E-state index in [4.69, 9.17) is 28.4 Å². The summed E-state index contributed by atoms with van der Waals surface area (Å²) in [5, 5.41) is 121. The third-order valence-corrected chi connectivity index (χ3v) is 21.3. The Morgan fingerprint density at radius 1 is 0.350 bits per heavy atom. The van der Waals surface area contributed by atoms with E-state index in [1.54, 1.807) is 0 Å². The number of amides is 1. The topological polar surface area (TPSA) is 307 Å². The minimum atomic E-state index is -1.97. The van der Waals surface area contributed by atoms with Crippen molar-refractivity contribution in [1.82, 2.24) is 5.32 Å². The molecule has 3 saturated heterocycles. The number of carbonyl (C=O) groups is 1. The maximum absolute atomic E-state index is 13.5. The molecule has 100 heavy (non-hydrogen) atoms. The second kappa shape index (κ2) is 62.6. The van der Waals surface area contributed by atoms with Gasteiger partial charge in [-0.2, -0.15) is 0 Å². The first-order chi connectivity index (χ1) is 48.8.